The molecule has 0 spiro atoms. The highest BCUT2D eigenvalue weighted by atomic mass is 15.6. The molecule has 13 heavy (non-hydrogen) atoms. The van der Waals surface area contributed by atoms with E-state index in [4.69, 9.17) is 0 Å². The first-order chi connectivity index (χ1) is 6.15. The third-order valence-electron chi connectivity index (χ3n) is 2.41. The van der Waals surface area contributed by atoms with Crippen LogP contribution in [-0.2, 0) is 0 Å². The van der Waals surface area contributed by atoms with Gasteiger partial charge in [0.05, 0.1) is 11.4 Å². The van der Waals surface area contributed by atoms with E-state index in [1.165, 1.54) is 6.42 Å². The molecule has 1 aromatic heterocycles. The van der Waals surface area contributed by atoms with Crippen LogP contribution in [0, 0.1) is 19.8 Å². The van der Waals surface area contributed by atoms with Gasteiger partial charge < -0.3 is 5.43 Å². The van der Waals surface area contributed by atoms with Crippen LogP contribution in [0.3, 0.4) is 0 Å². The van der Waals surface area contributed by atoms with E-state index >= 15 is 0 Å². The van der Waals surface area contributed by atoms with E-state index in [9.17, 15) is 0 Å². The molecule has 0 amide bonds. The quantitative estimate of drug-likeness (QED) is 0.767. The van der Waals surface area contributed by atoms with Gasteiger partial charge in [-0.2, -0.15) is 4.79 Å². The summed E-state index contributed by atoms with van der Waals surface area (Å²) < 4.78 is 0. The molecule has 1 N–H and O–H groups in total. The maximum absolute atomic E-state index is 3.98. The van der Waals surface area contributed by atoms with Gasteiger partial charge in [-0.25, -0.2) is 0 Å². The van der Waals surface area contributed by atoms with Gasteiger partial charge in [-0.3, -0.25) is 0 Å². The van der Waals surface area contributed by atoms with Gasteiger partial charge in [0, 0.05) is 6.54 Å². The summed E-state index contributed by atoms with van der Waals surface area (Å²) in [4.78, 5) is 1.75. The third-order valence-corrected chi connectivity index (χ3v) is 2.41. The van der Waals surface area contributed by atoms with Crippen molar-refractivity contribution in [2.45, 2.75) is 34.1 Å². The van der Waals surface area contributed by atoms with Crippen LogP contribution in [0.1, 0.15) is 31.7 Å². The highest BCUT2D eigenvalue weighted by molar-refractivity contribution is 5.05. The number of aryl methyl sites for hydroxylation is 1. The summed E-state index contributed by atoms with van der Waals surface area (Å²) in [6.07, 6.45) is 1.18. The average molecular weight is 182 g/mol. The van der Waals surface area contributed by atoms with Crippen LogP contribution < -0.4 is 5.43 Å². The van der Waals surface area contributed by atoms with E-state index in [1.807, 2.05) is 13.8 Å². The Morgan fingerprint density at radius 2 is 2.15 bits per heavy atom. The number of aromatic nitrogens is 3. The number of nitrogens with one attached hydrogen (secondary N) is 1. The summed E-state index contributed by atoms with van der Waals surface area (Å²) in [6, 6.07) is 0. The van der Waals surface area contributed by atoms with Crippen LogP contribution in [0.4, 0.5) is 0 Å². The Balaban J connectivity index is 2.50. The molecule has 0 aliphatic heterocycles. The van der Waals surface area contributed by atoms with Gasteiger partial charge in [0.2, 0.25) is 0 Å². The van der Waals surface area contributed by atoms with Crippen molar-refractivity contribution in [2.24, 2.45) is 5.92 Å². The summed E-state index contributed by atoms with van der Waals surface area (Å²) >= 11 is 0. The molecule has 4 heteroatoms. The Kier molecular flexibility index (Phi) is 3.28. The van der Waals surface area contributed by atoms with Gasteiger partial charge >= 0.3 is 0 Å². The fraction of sp³-hybridized carbons (Fsp3) is 0.778. The Bertz CT molecular complexity index is 267. The number of rotatable bonds is 4. The lowest BCUT2D eigenvalue weighted by Gasteiger charge is -2.11. The minimum Gasteiger partial charge on any atom is -0.308 e. The maximum Gasteiger partial charge on any atom is 0.0847 e. The highest BCUT2D eigenvalue weighted by Gasteiger charge is 2.04. The van der Waals surface area contributed by atoms with E-state index in [0.717, 1.165) is 17.9 Å². The molecule has 0 radical (unpaired) electrons. The predicted molar refractivity (Wildman–Crippen MR) is 53.2 cm³/mol. The normalized spacial score (nSPS) is 12.9. The average Bonchev–Trinajstić information content (AvgIpc) is 2.44. The van der Waals surface area contributed by atoms with Gasteiger partial charge in [0.15, 0.2) is 0 Å². The van der Waals surface area contributed by atoms with E-state index in [-0.39, 0.29) is 0 Å². The molecule has 74 valence electrons. The molecule has 1 atom stereocenters. The third kappa shape index (κ3) is 2.44. The summed E-state index contributed by atoms with van der Waals surface area (Å²) in [7, 11) is 0. The molecule has 0 bridgehead atoms. The minimum atomic E-state index is 0.670. The fourth-order valence-corrected chi connectivity index (χ4v) is 0.941. The largest absolute Gasteiger partial charge is 0.308 e. The molecule has 0 saturated heterocycles. The van der Waals surface area contributed by atoms with Gasteiger partial charge in [-0.05, 0) is 25.0 Å². The SMILES string of the molecule is CCC(C)CNn1nnc(C)c1C. The van der Waals surface area contributed by atoms with Crippen molar-refractivity contribution in [3.63, 3.8) is 0 Å². The summed E-state index contributed by atoms with van der Waals surface area (Å²) in [5, 5.41) is 7.95. The number of hydrogen-bond donors (Lipinski definition) is 1. The molecule has 4 nitrogen and oxygen atoms in total. The Morgan fingerprint density at radius 3 is 2.62 bits per heavy atom. The minimum absolute atomic E-state index is 0.670. The van der Waals surface area contributed by atoms with Crippen molar-refractivity contribution in [1.82, 2.24) is 15.1 Å². The molecule has 0 aromatic carbocycles. The van der Waals surface area contributed by atoms with Gasteiger partial charge in [-0.1, -0.05) is 20.3 Å². The zero-order chi connectivity index (χ0) is 9.84. The molecule has 0 aliphatic rings. The molecule has 0 saturated carbocycles. The Labute approximate surface area is 79.3 Å². The zero-order valence-corrected chi connectivity index (χ0v) is 8.83. The first-order valence-electron chi connectivity index (χ1n) is 4.78. The maximum atomic E-state index is 3.98. The Morgan fingerprint density at radius 1 is 1.46 bits per heavy atom. The molecule has 1 heterocycles. The lowest BCUT2D eigenvalue weighted by molar-refractivity contribution is 0.542. The second kappa shape index (κ2) is 4.25. The van der Waals surface area contributed by atoms with Crippen LogP contribution in [0.2, 0.25) is 0 Å². The van der Waals surface area contributed by atoms with Crippen LogP contribution in [0.25, 0.3) is 0 Å². The first-order valence-corrected chi connectivity index (χ1v) is 4.78. The van der Waals surface area contributed by atoms with E-state index in [2.05, 4.69) is 29.6 Å². The highest BCUT2D eigenvalue weighted by Crippen LogP contribution is 2.01. The summed E-state index contributed by atoms with van der Waals surface area (Å²) in [6.45, 7) is 9.32. The van der Waals surface area contributed by atoms with Crippen LogP contribution in [0.15, 0.2) is 0 Å². The van der Waals surface area contributed by atoms with Crippen molar-refractivity contribution in [1.29, 1.82) is 0 Å². The van der Waals surface area contributed by atoms with Gasteiger partial charge in [-0.15, -0.1) is 5.10 Å². The molecule has 1 rings (SSSR count). The van der Waals surface area contributed by atoms with Crippen molar-refractivity contribution in [2.75, 3.05) is 12.0 Å². The molecular weight excluding hydrogens is 164 g/mol. The van der Waals surface area contributed by atoms with Gasteiger partial charge in [0.1, 0.15) is 0 Å². The lowest BCUT2D eigenvalue weighted by Crippen LogP contribution is -2.22. The second-order valence-corrected chi connectivity index (χ2v) is 3.55. The standard InChI is InChI=1S/C9H18N4/c1-5-7(2)6-10-13-9(4)8(3)11-12-13/h7,10H,5-6H2,1-4H3. The van der Waals surface area contributed by atoms with Crippen molar-refractivity contribution in [3.05, 3.63) is 11.4 Å². The van der Waals surface area contributed by atoms with Crippen molar-refractivity contribution in [3.8, 4) is 0 Å². The monoisotopic (exact) mass is 182 g/mol. The van der Waals surface area contributed by atoms with Crippen molar-refractivity contribution >= 4 is 0 Å². The molecular formula is C9H18N4. The van der Waals surface area contributed by atoms with Crippen LogP contribution >= 0.6 is 0 Å². The van der Waals surface area contributed by atoms with E-state index in [0.29, 0.717) is 5.92 Å². The lowest BCUT2D eigenvalue weighted by atomic mass is 10.1. The van der Waals surface area contributed by atoms with Gasteiger partial charge in [0.25, 0.3) is 0 Å². The topological polar surface area (TPSA) is 42.7 Å². The summed E-state index contributed by atoms with van der Waals surface area (Å²) in [5.41, 5.74) is 5.30. The first kappa shape index (κ1) is 10.0. The Hall–Kier alpha value is -1.06. The van der Waals surface area contributed by atoms with Crippen molar-refractivity contribution < 1.29 is 0 Å². The second-order valence-electron chi connectivity index (χ2n) is 3.55. The number of nitrogens with zero attached hydrogens (tertiary/aromatic N) is 3. The fourth-order valence-electron chi connectivity index (χ4n) is 0.941. The van der Waals surface area contributed by atoms with E-state index < -0.39 is 0 Å². The molecule has 1 unspecified atom stereocenters. The zero-order valence-electron chi connectivity index (χ0n) is 8.83. The summed E-state index contributed by atoms with van der Waals surface area (Å²) in [5.74, 6) is 0.670. The van der Waals surface area contributed by atoms with Crippen LogP contribution in [-0.4, -0.2) is 21.6 Å². The molecule has 0 aliphatic carbocycles. The molecule has 0 fully saturated rings. The molecule has 1 aromatic rings. The number of hydrogen-bond acceptors (Lipinski definition) is 3. The smallest absolute Gasteiger partial charge is 0.0847 e. The predicted octanol–water partition coefficient (Wildman–Crippen LogP) is 1.48. The van der Waals surface area contributed by atoms with E-state index in [1.54, 1.807) is 4.79 Å². The van der Waals surface area contributed by atoms with Crippen LogP contribution in [0.5, 0.6) is 0 Å².